The summed E-state index contributed by atoms with van der Waals surface area (Å²) in [6.45, 7) is 0.405. The van der Waals surface area contributed by atoms with Crippen molar-refractivity contribution in [2.75, 3.05) is 12.9 Å². The Morgan fingerprint density at radius 2 is 1.97 bits per heavy atom. The Bertz CT molecular complexity index is 1340. The molecule has 0 saturated carbocycles. The van der Waals surface area contributed by atoms with Gasteiger partial charge in [-0.1, -0.05) is 24.3 Å². The number of methoxy groups -OCH3 is 1. The molecule has 0 aliphatic carbocycles. The Kier molecular flexibility index (Phi) is 5.79. The summed E-state index contributed by atoms with van der Waals surface area (Å²) in [7, 11) is -1.81. The lowest BCUT2D eigenvalue weighted by Crippen LogP contribution is -2.12. The molecule has 4 aromatic rings. The van der Waals surface area contributed by atoms with Crippen LogP contribution < -0.4 is 10.5 Å². The summed E-state index contributed by atoms with van der Waals surface area (Å²) in [5.74, 6) is 0.0981. The molecule has 0 bridgehead atoms. The number of sulfone groups is 1. The van der Waals surface area contributed by atoms with Gasteiger partial charge in [-0.2, -0.15) is 5.10 Å². The summed E-state index contributed by atoms with van der Waals surface area (Å²) in [5.41, 5.74) is 8.16. The molecular formula is C22H21N3O4S2. The van der Waals surface area contributed by atoms with Crippen LogP contribution >= 0.6 is 11.3 Å². The van der Waals surface area contributed by atoms with Crippen molar-refractivity contribution in [2.45, 2.75) is 17.2 Å². The van der Waals surface area contributed by atoms with Gasteiger partial charge < -0.3 is 10.5 Å². The third-order valence-electron chi connectivity index (χ3n) is 4.99. The van der Waals surface area contributed by atoms with Gasteiger partial charge in [0.2, 0.25) is 5.91 Å². The molecule has 0 fully saturated rings. The van der Waals surface area contributed by atoms with Crippen LogP contribution in [0.4, 0.5) is 0 Å². The molecule has 0 unspecified atom stereocenters. The lowest BCUT2D eigenvalue weighted by atomic mass is 10.1. The number of hydrogen-bond acceptors (Lipinski definition) is 6. The van der Waals surface area contributed by atoms with E-state index >= 15 is 0 Å². The molecule has 0 atom stereocenters. The minimum atomic E-state index is -3.39. The monoisotopic (exact) mass is 455 g/mol. The highest BCUT2D eigenvalue weighted by Gasteiger charge is 2.20. The number of rotatable bonds is 8. The van der Waals surface area contributed by atoms with E-state index in [1.165, 1.54) is 11.3 Å². The smallest absolute Gasteiger partial charge is 0.248 e. The van der Waals surface area contributed by atoms with E-state index in [1.54, 1.807) is 47.5 Å². The molecule has 2 N–H and O–H groups in total. The highest BCUT2D eigenvalue weighted by Crippen LogP contribution is 2.30. The van der Waals surface area contributed by atoms with Crippen molar-refractivity contribution in [1.29, 1.82) is 0 Å². The number of primary amides is 1. The number of amides is 1. The molecule has 0 radical (unpaired) electrons. The summed E-state index contributed by atoms with van der Waals surface area (Å²) >= 11 is 1.21. The number of thiophene rings is 1. The quantitative estimate of drug-likeness (QED) is 0.439. The highest BCUT2D eigenvalue weighted by atomic mass is 32.2. The molecule has 160 valence electrons. The van der Waals surface area contributed by atoms with Crippen LogP contribution in [0.5, 0.6) is 5.75 Å². The third kappa shape index (κ3) is 4.33. The fourth-order valence-corrected chi connectivity index (χ4v) is 5.91. The molecule has 2 aromatic carbocycles. The second-order valence-corrected chi connectivity index (χ2v) is 10.3. The van der Waals surface area contributed by atoms with E-state index in [-0.39, 0.29) is 12.2 Å². The second-order valence-electron chi connectivity index (χ2n) is 7.02. The van der Waals surface area contributed by atoms with Gasteiger partial charge in [0.1, 0.15) is 9.96 Å². The average molecular weight is 456 g/mol. The van der Waals surface area contributed by atoms with Crippen molar-refractivity contribution >= 4 is 38.0 Å². The number of aromatic nitrogens is 2. The van der Waals surface area contributed by atoms with Crippen molar-refractivity contribution in [3.05, 3.63) is 76.8 Å². The molecule has 9 heteroatoms. The van der Waals surface area contributed by atoms with Gasteiger partial charge >= 0.3 is 0 Å². The van der Waals surface area contributed by atoms with Gasteiger partial charge in [-0.15, -0.1) is 11.3 Å². The minimum Gasteiger partial charge on any atom is -0.496 e. The molecule has 0 spiro atoms. The molecule has 0 saturated heterocycles. The number of ether oxygens (including phenoxy) is 1. The van der Waals surface area contributed by atoms with Crippen LogP contribution in [0.25, 0.3) is 10.9 Å². The van der Waals surface area contributed by atoms with Crippen molar-refractivity contribution in [3.63, 3.8) is 0 Å². The maximum Gasteiger partial charge on any atom is 0.248 e. The first-order chi connectivity index (χ1) is 14.9. The van der Waals surface area contributed by atoms with Gasteiger partial charge in [0.05, 0.1) is 36.0 Å². The third-order valence-corrected chi connectivity index (χ3v) is 8.19. The number of benzene rings is 2. The maximum absolute atomic E-state index is 12.7. The Balaban J connectivity index is 1.71. The lowest BCUT2D eigenvalue weighted by Gasteiger charge is -2.06. The first kappa shape index (κ1) is 21.1. The van der Waals surface area contributed by atoms with Gasteiger partial charge in [-0.05, 0) is 41.3 Å². The van der Waals surface area contributed by atoms with Gasteiger partial charge in [0, 0.05) is 12.0 Å². The highest BCUT2D eigenvalue weighted by molar-refractivity contribution is 7.93. The second kappa shape index (κ2) is 8.52. The molecule has 2 aromatic heterocycles. The molecule has 1 amide bonds. The zero-order chi connectivity index (χ0) is 22.0. The SMILES string of the molecule is COc1cccc2c1c(CCS(=O)(=O)c1cccs1)nn2Cc1cccc(C(N)=O)c1. The maximum atomic E-state index is 12.7. The summed E-state index contributed by atoms with van der Waals surface area (Å²) in [6, 6.07) is 16.0. The fourth-order valence-electron chi connectivity index (χ4n) is 3.51. The summed E-state index contributed by atoms with van der Waals surface area (Å²) < 4.78 is 33.0. The number of aryl methyl sites for hydroxylation is 1. The first-order valence-electron chi connectivity index (χ1n) is 9.56. The Morgan fingerprint density at radius 3 is 2.68 bits per heavy atom. The summed E-state index contributed by atoms with van der Waals surface area (Å²) in [6.07, 6.45) is 0.255. The van der Waals surface area contributed by atoms with Gasteiger partial charge in [0.15, 0.2) is 9.84 Å². The van der Waals surface area contributed by atoms with Crippen LogP contribution in [-0.2, 0) is 22.8 Å². The van der Waals surface area contributed by atoms with E-state index in [0.29, 0.717) is 27.8 Å². The number of carbonyl (C=O) groups excluding carboxylic acids is 1. The van der Waals surface area contributed by atoms with Gasteiger partial charge in [-0.3, -0.25) is 9.48 Å². The fraction of sp³-hybridized carbons (Fsp3) is 0.182. The topological polar surface area (TPSA) is 104 Å². The molecule has 0 aliphatic rings. The first-order valence-corrected chi connectivity index (χ1v) is 12.1. The minimum absolute atomic E-state index is 0.0468. The van der Waals surface area contributed by atoms with E-state index in [0.717, 1.165) is 16.5 Å². The largest absolute Gasteiger partial charge is 0.496 e. The van der Waals surface area contributed by atoms with E-state index in [9.17, 15) is 13.2 Å². The lowest BCUT2D eigenvalue weighted by molar-refractivity contribution is 0.1000. The molecule has 7 nitrogen and oxygen atoms in total. The van der Waals surface area contributed by atoms with Crippen LogP contribution in [0.1, 0.15) is 21.6 Å². The number of carbonyl (C=O) groups is 1. The van der Waals surface area contributed by atoms with Crippen molar-refractivity contribution < 1.29 is 17.9 Å². The molecular weight excluding hydrogens is 434 g/mol. The molecule has 4 rings (SSSR count). The number of nitrogens with two attached hydrogens (primary N) is 1. The average Bonchev–Trinajstić information content (AvgIpc) is 3.42. The summed E-state index contributed by atoms with van der Waals surface area (Å²) in [4.78, 5) is 11.5. The number of hydrogen-bond donors (Lipinski definition) is 1. The zero-order valence-corrected chi connectivity index (χ0v) is 18.4. The van der Waals surface area contributed by atoms with E-state index in [2.05, 4.69) is 0 Å². The van der Waals surface area contributed by atoms with E-state index in [4.69, 9.17) is 15.6 Å². The van der Waals surface area contributed by atoms with Crippen LogP contribution in [0.2, 0.25) is 0 Å². The van der Waals surface area contributed by atoms with Crippen molar-refractivity contribution in [2.24, 2.45) is 5.73 Å². The van der Waals surface area contributed by atoms with Gasteiger partial charge in [-0.25, -0.2) is 8.42 Å². The predicted molar refractivity (Wildman–Crippen MR) is 120 cm³/mol. The normalized spacial score (nSPS) is 11.6. The zero-order valence-electron chi connectivity index (χ0n) is 16.8. The predicted octanol–water partition coefficient (Wildman–Crippen LogP) is 3.27. The Hall–Kier alpha value is -3.17. The van der Waals surface area contributed by atoms with E-state index in [1.807, 2.05) is 24.3 Å². The van der Waals surface area contributed by atoms with Crippen LogP contribution in [0.15, 0.2) is 64.2 Å². The molecule has 31 heavy (non-hydrogen) atoms. The van der Waals surface area contributed by atoms with Crippen LogP contribution in [0, 0.1) is 0 Å². The Morgan fingerprint density at radius 1 is 1.16 bits per heavy atom. The Labute approximate surface area is 184 Å². The molecule has 2 heterocycles. The van der Waals surface area contributed by atoms with Crippen molar-refractivity contribution in [1.82, 2.24) is 9.78 Å². The molecule has 0 aliphatic heterocycles. The van der Waals surface area contributed by atoms with E-state index < -0.39 is 15.7 Å². The van der Waals surface area contributed by atoms with Crippen LogP contribution in [0.3, 0.4) is 0 Å². The number of fused-ring (bicyclic) bond motifs is 1. The summed E-state index contributed by atoms with van der Waals surface area (Å²) in [5, 5.41) is 7.25. The number of nitrogens with zero attached hydrogens (tertiary/aromatic N) is 2. The van der Waals surface area contributed by atoms with Crippen LogP contribution in [-0.4, -0.2) is 37.0 Å². The van der Waals surface area contributed by atoms with Gasteiger partial charge in [0.25, 0.3) is 0 Å². The standard InChI is InChI=1S/C22H21N3O4S2/c1-29-19-8-3-7-18-21(19)17(10-12-31(27,28)20-9-4-11-30-20)24-25(18)14-15-5-2-6-16(13-15)22(23)26/h2-9,11,13H,10,12,14H2,1H3,(H2,23,26). The van der Waals surface area contributed by atoms with Crippen molar-refractivity contribution in [3.8, 4) is 5.75 Å².